The Hall–Kier alpha value is -6.66. The van der Waals surface area contributed by atoms with E-state index in [1.807, 2.05) is 107 Å². The van der Waals surface area contributed by atoms with E-state index in [1.165, 1.54) is 18.5 Å². The van der Waals surface area contributed by atoms with E-state index >= 15 is 0 Å². The number of hydrogen-bond acceptors (Lipinski definition) is 16. The molecule has 0 aliphatic carbocycles. The van der Waals surface area contributed by atoms with Crippen LogP contribution in [0.1, 0.15) is 76.4 Å². The predicted molar refractivity (Wildman–Crippen MR) is 272 cm³/mol. The van der Waals surface area contributed by atoms with Crippen LogP contribution in [0.4, 0.5) is 11.6 Å². The van der Waals surface area contributed by atoms with Crippen molar-refractivity contribution in [2.24, 2.45) is 5.92 Å². The molecule has 2 aromatic heterocycles. The minimum atomic E-state index is -1.96. The van der Waals surface area contributed by atoms with Gasteiger partial charge in [-0.05, 0) is 86.3 Å². The number of nitriles is 1. The number of H-pyrrole nitrogens is 1. The zero-order valence-corrected chi connectivity index (χ0v) is 42.9. The molecule has 1 fully saturated rings. The molecule has 21 heteroatoms. The van der Waals surface area contributed by atoms with Crippen LogP contribution < -0.4 is 20.3 Å². The maximum Gasteiger partial charge on any atom is 0.280 e. The molecule has 0 saturated carbocycles. The lowest BCUT2D eigenvalue weighted by atomic mass is 9.80. The highest BCUT2D eigenvalue weighted by Gasteiger charge is 2.52. The number of ether oxygens (including phenoxy) is 6. The Labute approximate surface area is 424 Å². The second kappa shape index (κ2) is 24.8. The van der Waals surface area contributed by atoms with Gasteiger partial charge in [-0.1, -0.05) is 68.4 Å². The number of amides is 1. The van der Waals surface area contributed by atoms with Crippen molar-refractivity contribution < 1.29 is 47.2 Å². The van der Waals surface area contributed by atoms with Crippen molar-refractivity contribution in [3.05, 3.63) is 152 Å². The number of nitrogens with zero attached hydrogens (tertiary/aromatic N) is 6. The first-order chi connectivity index (χ1) is 35.2. The second-order valence-corrected chi connectivity index (χ2v) is 19.3. The number of anilines is 1. The molecule has 3 heterocycles. The van der Waals surface area contributed by atoms with Gasteiger partial charge in [-0.15, -0.1) is 0 Å². The van der Waals surface area contributed by atoms with Crippen LogP contribution in [0.25, 0.3) is 11.2 Å². The molecular formula is C52H61N8O12P. The summed E-state index contributed by atoms with van der Waals surface area (Å²) in [4.78, 5) is 49.1. The van der Waals surface area contributed by atoms with Crippen molar-refractivity contribution in [1.82, 2.24) is 24.2 Å². The number of nitro benzene ring substituents is 1. The first kappa shape index (κ1) is 54.1. The molecule has 1 amide bonds. The topological polar surface area (TPSA) is 237 Å². The number of carbonyl (C=O) groups excluding carboxylic acids is 1. The highest BCUT2D eigenvalue weighted by atomic mass is 31.2. The van der Waals surface area contributed by atoms with Crippen LogP contribution in [0, 0.1) is 27.4 Å². The van der Waals surface area contributed by atoms with Gasteiger partial charge >= 0.3 is 0 Å². The van der Waals surface area contributed by atoms with E-state index in [0.717, 1.165) is 16.7 Å². The molecule has 4 aromatic carbocycles. The van der Waals surface area contributed by atoms with Gasteiger partial charge in [0.25, 0.3) is 19.8 Å². The minimum Gasteiger partial charge on any atom is -0.497 e. The zero-order chi connectivity index (χ0) is 52.2. The summed E-state index contributed by atoms with van der Waals surface area (Å²) in [6, 6.07) is 32.9. The van der Waals surface area contributed by atoms with Gasteiger partial charge in [-0.2, -0.15) is 10.2 Å². The van der Waals surface area contributed by atoms with Gasteiger partial charge in [-0.25, -0.2) is 9.65 Å². The van der Waals surface area contributed by atoms with Crippen LogP contribution in [-0.2, 0) is 45.0 Å². The van der Waals surface area contributed by atoms with Crippen LogP contribution in [0.3, 0.4) is 0 Å². The fraction of sp³-hybridized carbons (Fsp3) is 0.404. The Morgan fingerprint density at radius 2 is 1.53 bits per heavy atom. The smallest absolute Gasteiger partial charge is 0.280 e. The normalized spacial score (nSPS) is 17.4. The number of fused-ring (bicyclic) bond motifs is 1. The zero-order valence-electron chi connectivity index (χ0n) is 42.0. The number of rotatable bonds is 25. The maximum atomic E-state index is 13.6. The molecule has 0 radical (unpaired) electrons. The van der Waals surface area contributed by atoms with E-state index in [0.29, 0.717) is 17.1 Å². The summed E-state index contributed by atoms with van der Waals surface area (Å²) < 4.78 is 55.9. The Morgan fingerprint density at radius 3 is 2.10 bits per heavy atom. The summed E-state index contributed by atoms with van der Waals surface area (Å²) in [5.41, 5.74) is 1.03. The Morgan fingerprint density at radius 1 is 0.918 bits per heavy atom. The molecule has 5 atom stereocenters. The highest BCUT2D eigenvalue weighted by Crippen LogP contribution is 2.51. The van der Waals surface area contributed by atoms with Gasteiger partial charge in [0.2, 0.25) is 11.9 Å². The molecule has 7 rings (SSSR count). The van der Waals surface area contributed by atoms with E-state index < -0.39 is 55.1 Å². The fourth-order valence-electron chi connectivity index (χ4n) is 8.48. The summed E-state index contributed by atoms with van der Waals surface area (Å²) in [6.07, 6.45) is -2.76. The Balaban J connectivity index is 1.38. The summed E-state index contributed by atoms with van der Waals surface area (Å²) >= 11 is 0. The first-order valence-electron chi connectivity index (χ1n) is 23.8. The number of non-ortho nitro benzene ring substituents is 1. The van der Waals surface area contributed by atoms with E-state index in [2.05, 4.69) is 31.0 Å². The molecule has 2 N–H and O–H groups in total. The minimum absolute atomic E-state index is 0.0277. The molecule has 0 bridgehead atoms. The van der Waals surface area contributed by atoms with Crippen molar-refractivity contribution >= 4 is 37.2 Å². The summed E-state index contributed by atoms with van der Waals surface area (Å²) in [5, 5.41) is 23.7. The third kappa shape index (κ3) is 12.6. The number of aromatic nitrogens is 4. The van der Waals surface area contributed by atoms with Crippen molar-refractivity contribution in [3.63, 3.8) is 0 Å². The molecule has 1 saturated heterocycles. The molecular weight excluding hydrogens is 960 g/mol. The lowest BCUT2D eigenvalue weighted by Crippen LogP contribution is -2.43. The van der Waals surface area contributed by atoms with E-state index in [4.69, 9.17) is 37.5 Å². The van der Waals surface area contributed by atoms with Gasteiger partial charge in [-0.3, -0.25) is 34.6 Å². The standard InChI is InChI=1S/C52H61N8O12P/c1-33(2)48(61)56-51-55-47-44(49(62)57-51)54-31-58(47)50-46(68-32-67-29-36-15-21-40(22-16-36)60(63)64)45(72-73(70-28-12-27-53)59(34(3)4)35(5)6)43(71-50)30-69-52(37-13-10-9-11-14-37,38-17-23-41(65-7)24-18-38)39-19-25-42(66-8)26-20-39/h9-11,13-26,31,33-35,43,45-46,50H,12,28-30,32H2,1-8H3,(H2,55,56,57,61,62)/t43-,45-,46-,50-,73?/m1/s1. The van der Waals surface area contributed by atoms with Crippen molar-refractivity contribution in [3.8, 4) is 17.6 Å². The van der Waals surface area contributed by atoms with Crippen LogP contribution in [0.15, 0.2) is 114 Å². The Kier molecular flexibility index (Phi) is 18.4. The van der Waals surface area contributed by atoms with Gasteiger partial charge < -0.3 is 37.5 Å². The number of imidazole rings is 1. The van der Waals surface area contributed by atoms with E-state index in [9.17, 15) is 25.0 Å². The van der Waals surface area contributed by atoms with Gasteiger partial charge in [0.1, 0.15) is 42.2 Å². The lowest BCUT2D eigenvalue weighted by Gasteiger charge is -2.39. The van der Waals surface area contributed by atoms with Crippen LogP contribution in [-0.4, -0.2) is 99.6 Å². The van der Waals surface area contributed by atoms with E-state index in [1.54, 1.807) is 44.8 Å². The average Bonchev–Trinajstić information content (AvgIpc) is 3.96. The molecule has 6 aromatic rings. The quantitative estimate of drug-likeness (QED) is 0.0136. The Bertz CT molecular complexity index is 2800. The van der Waals surface area contributed by atoms with Crippen LogP contribution >= 0.6 is 8.53 Å². The molecule has 20 nitrogen and oxygen atoms in total. The molecule has 386 valence electrons. The third-order valence-electron chi connectivity index (χ3n) is 12.0. The summed E-state index contributed by atoms with van der Waals surface area (Å²) in [5.74, 6) is 0.388. The number of hydrogen-bond donors (Lipinski definition) is 2. The van der Waals surface area contributed by atoms with Gasteiger partial charge in [0.15, 0.2) is 17.4 Å². The molecule has 1 unspecified atom stereocenters. The SMILES string of the molecule is COc1ccc(C(OC[C@H]2O[C@@H](n3cnc4c(=O)[nH]c(NC(=O)C(C)C)nc43)[C@H](OCOCc3ccc([N+](=O)[O-])cc3)[C@@H]2OP(OCCC#N)N(C(C)C)C(C)C)(c2ccccc2)c2ccc(OC)cc2)cc1. The molecule has 73 heavy (non-hydrogen) atoms. The summed E-state index contributed by atoms with van der Waals surface area (Å²) in [7, 11) is 1.24. The highest BCUT2D eigenvalue weighted by molar-refractivity contribution is 7.44. The lowest BCUT2D eigenvalue weighted by molar-refractivity contribution is -0.384. The molecule has 1 aliphatic heterocycles. The fourth-order valence-corrected chi connectivity index (χ4v) is 10.3. The van der Waals surface area contributed by atoms with Gasteiger partial charge in [0, 0.05) is 30.1 Å². The predicted octanol–water partition coefficient (Wildman–Crippen LogP) is 8.77. The monoisotopic (exact) mass is 1020 g/mol. The maximum absolute atomic E-state index is 13.6. The molecule has 0 spiro atoms. The van der Waals surface area contributed by atoms with Crippen molar-refractivity contribution in [2.45, 2.75) is 96.8 Å². The largest absolute Gasteiger partial charge is 0.497 e. The number of aromatic amines is 1. The number of carbonyl (C=O) groups is 1. The summed E-state index contributed by atoms with van der Waals surface area (Å²) in [6.45, 7) is 11.1. The van der Waals surface area contributed by atoms with E-state index in [-0.39, 0.29) is 73.8 Å². The molecule has 1 aliphatic rings. The van der Waals surface area contributed by atoms with Crippen LogP contribution in [0.5, 0.6) is 11.5 Å². The number of nitrogens with one attached hydrogen (secondary N) is 2. The third-order valence-corrected chi connectivity index (χ3v) is 14.2. The van der Waals surface area contributed by atoms with Crippen molar-refractivity contribution in [2.75, 3.05) is 39.5 Å². The van der Waals surface area contributed by atoms with Crippen LogP contribution in [0.2, 0.25) is 0 Å². The van der Waals surface area contributed by atoms with Crippen molar-refractivity contribution in [1.29, 1.82) is 5.26 Å². The number of benzene rings is 4. The number of methoxy groups -OCH3 is 2. The first-order valence-corrected chi connectivity index (χ1v) is 24.9. The average molecular weight is 1020 g/mol. The number of nitro groups is 1. The second-order valence-electron chi connectivity index (χ2n) is 17.9. The van der Waals surface area contributed by atoms with Gasteiger partial charge in [0.05, 0.1) is 57.8 Å².